The summed E-state index contributed by atoms with van der Waals surface area (Å²) in [5, 5.41) is 3.00. The third kappa shape index (κ3) is 7.00. The molecule has 0 saturated heterocycles. The highest BCUT2D eigenvalue weighted by molar-refractivity contribution is 5.72. The van der Waals surface area contributed by atoms with Crippen molar-refractivity contribution < 1.29 is 0 Å². The summed E-state index contributed by atoms with van der Waals surface area (Å²) in [6.45, 7) is 6.66. The number of aliphatic imine (C=N–C) groups is 1. The van der Waals surface area contributed by atoms with Crippen molar-refractivity contribution in [3.63, 3.8) is 0 Å². The lowest BCUT2D eigenvalue weighted by molar-refractivity contribution is 0.920. The van der Waals surface area contributed by atoms with Gasteiger partial charge in [0, 0.05) is 18.5 Å². The maximum Gasteiger partial charge on any atom is 0.0329 e. The predicted octanol–water partition coefficient (Wildman–Crippen LogP) is 1.76. The molecule has 0 aromatic rings. The largest absolute Gasteiger partial charge is 0.316 e. The lowest BCUT2D eigenvalue weighted by atomic mass is 10.4. The fraction of sp³-hybridized carbons (Fsp3) is 0.444. The lowest BCUT2D eigenvalue weighted by Crippen LogP contribution is -2.03. The number of allylic oxidation sites excluding steroid dienone is 2. The lowest BCUT2D eigenvalue weighted by Gasteiger charge is -1.88. The van der Waals surface area contributed by atoms with Crippen LogP contribution in [0.4, 0.5) is 0 Å². The molecule has 0 aliphatic heterocycles. The minimum absolute atomic E-state index is 0.880. The van der Waals surface area contributed by atoms with Gasteiger partial charge in [0.1, 0.15) is 0 Å². The molecule has 0 rings (SSSR count). The Morgan fingerprint density at radius 2 is 2.36 bits per heavy atom. The van der Waals surface area contributed by atoms with Crippen molar-refractivity contribution in [2.75, 3.05) is 13.6 Å². The molecule has 0 bridgehead atoms. The third-order valence-corrected chi connectivity index (χ3v) is 1.21. The molecular formula is C9H16N2. The SMILES string of the molecule is C=C(CC)/N=C\C=C/CNC. The maximum absolute atomic E-state index is 4.08. The standard InChI is InChI=1S/C9H16N2/c1-4-9(2)11-8-6-5-7-10-3/h5-6,8,10H,2,4,7H2,1,3H3/b6-5-,11-8-. The molecule has 0 heterocycles. The van der Waals surface area contributed by atoms with E-state index in [1.165, 1.54) is 0 Å². The van der Waals surface area contributed by atoms with Gasteiger partial charge in [-0.2, -0.15) is 0 Å². The highest BCUT2D eigenvalue weighted by Gasteiger charge is 1.78. The van der Waals surface area contributed by atoms with Gasteiger partial charge in [0.05, 0.1) is 0 Å². The molecule has 0 radical (unpaired) electrons. The highest BCUT2D eigenvalue weighted by Crippen LogP contribution is 1.95. The fourth-order valence-corrected chi connectivity index (χ4v) is 0.486. The van der Waals surface area contributed by atoms with E-state index in [2.05, 4.69) is 16.9 Å². The van der Waals surface area contributed by atoms with Crippen LogP contribution in [-0.4, -0.2) is 19.8 Å². The molecular weight excluding hydrogens is 136 g/mol. The smallest absolute Gasteiger partial charge is 0.0329 e. The molecule has 62 valence electrons. The van der Waals surface area contributed by atoms with E-state index >= 15 is 0 Å². The molecule has 0 spiro atoms. The van der Waals surface area contributed by atoms with Crippen LogP contribution in [0.2, 0.25) is 0 Å². The van der Waals surface area contributed by atoms with E-state index in [0.29, 0.717) is 0 Å². The maximum atomic E-state index is 4.08. The van der Waals surface area contributed by atoms with Crippen LogP contribution in [0.15, 0.2) is 29.4 Å². The van der Waals surface area contributed by atoms with Gasteiger partial charge in [-0.05, 0) is 19.5 Å². The average Bonchev–Trinajstić information content (AvgIpc) is 2.04. The Morgan fingerprint density at radius 3 is 2.91 bits per heavy atom. The van der Waals surface area contributed by atoms with Crippen molar-refractivity contribution in [1.29, 1.82) is 0 Å². The van der Waals surface area contributed by atoms with E-state index in [-0.39, 0.29) is 0 Å². The molecule has 0 amide bonds. The molecule has 0 fully saturated rings. The number of rotatable bonds is 5. The first-order chi connectivity index (χ1) is 5.31. The molecule has 11 heavy (non-hydrogen) atoms. The molecule has 0 aromatic heterocycles. The Bertz CT molecular complexity index is 157. The minimum atomic E-state index is 0.880. The first kappa shape index (κ1) is 10.1. The van der Waals surface area contributed by atoms with Gasteiger partial charge in [0.15, 0.2) is 0 Å². The van der Waals surface area contributed by atoms with Crippen molar-refractivity contribution in [2.24, 2.45) is 4.99 Å². The van der Waals surface area contributed by atoms with Gasteiger partial charge in [0.2, 0.25) is 0 Å². The number of nitrogens with one attached hydrogen (secondary N) is 1. The van der Waals surface area contributed by atoms with E-state index in [9.17, 15) is 0 Å². The molecule has 0 atom stereocenters. The topological polar surface area (TPSA) is 24.4 Å². The van der Waals surface area contributed by atoms with Crippen LogP contribution in [0, 0.1) is 0 Å². The van der Waals surface area contributed by atoms with E-state index in [0.717, 1.165) is 18.7 Å². The zero-order valence-corrected chi connectivity index (χ0v) is 7.30. The Kier molecular flexibility index (Phi) is 6.64. The number of hydrogen-bond acceptors (Lipinski definition) is 2. The Balaban J connectivity index is 3.50. The van der Waals surface area contributed by atoms with Crippen molar-refractivity contribution in [3.05, 3.63) is 24.4 Å². The van der Waals surface area contributed by atoms with Gasteiger partial charge in [-0.3, -0.25) is 4.99 Å². The van der Waals surface area contributed by atoms with Gasteiger partial charge in [-0.25, -0.2) is 0 Å². The van der Waals surface area contributed by atoms with Gasteiger partial charge in [-0.15, -0.1) is 0 Å². The van der Waals surface area contributed by atoms with E-state index in [1.807, 2.05) is 26.1 Å². The van der Waals surface area contributed by atoms with E-state index in [1.54, 1.807) is 6.21 Å². The molecule has 2 heteroatoms. The number of nitrogens with zero attached hydrogens (tertiary/aromatic N) is 1. The summed E-state index contributed by atoms with van der Waals surface area (Å²) in [5.74, 6) is 0. The van der Waals surface area contributed by atoms with Gasteiger partial charge < -0.3 is 5.32 Å². The summed E-state index contributed by atoms with van der Waals surface area (Å²) in [6.07, 6.45) is 6.60. The molecule has 0 aliphatic carbocycles. The zero-order chi connectivity index (χ0) is 8.53. The van der Waals surface area contributed by atoms with Crippen LogP contribution in [0.1, 0.15) is 13.3 Å². The monoisotopic (exact) mass is 152 g/mol. The quantitative estimate of drug-likeness (QED) is 0.596. The predicted molar refractivity (Wildman–Crippen MR) is 51.0 cm³/mol. The molecule has 1 N–H and O–H groups in total. The second-order valence-corrected chi connectivity index (χ2v) is 2.18. The van der Waals surface area contributed by atoms with Crippen molar-refractivity contribution in [1.82, 2.24) is 5.32 Å². The first-order valence-electron chi connectivity index (χ1n) is 3.82. The van der Waals surface area contributed by atoms with Crippen molar-refractivity contribution in [2.45, 2.75) is 13.3 Å². The molecule has 0 saturated carbocycles. The Morgan fingerprint density at radius 1 is 1.64 bits per heavy atom. The van der Waals surface area contributed by atoms with Crippen LogP contribution in [0.5, 0.6) is 0 Å². The van der Waals surface area contributed by atoms with E-state index < -0.39 is 0 Å². The van der Waals surface area contributed by atoms with Crippen LogP contribution < -0.4 is 5.32 Å². The Hall–Kier alpha value is -0.890. The molecule has 0 unspecified atom stereocenters. The van der Waals surface area contributed by atoms with Gasteiger partial charge in [0.25, 0.3) is 0 Å². The molecule has 2 nitrogen and oxygen atoms in total. The summed E-state index contributed by atoms with van der Waals surface area (Å²) >= 11 is 0. The van der Waals surface area contributed by atoms with Crippen LogP contribution >= 0.6 is 0 Å². The average molecular weight is 152 g/mol. The van der Waals surface area contributed by atoms with Crippen LogP contribution in [0.3, 0.4) is 0 Å². The van der Waals surface area contributed by atoms with Crippen molar-refractivity contribution in [3.8, 4) is 0 Å². The minimum Gasteiger partial charge on any atom is -0.316 e. The summed E-state index contributed by atoms with van der Waals surface area (Å²) < 4.78 is 0. The second kappa shape index (κ2) is 7.22. The summed E-state index contributed by atoms with van der Waals surface area (Å²) in [6, 6.07) is 0. The van der Waals surface area contributed by atoms with Gasteiger partial charge >= 0.3 is 0 Å². The van der Waals surface area contributed by atoms with Crippen molar-refractivity contribution >= 4 is 6.21 Å². The number of hydrogen-bond donors (Lipinski definition) is 1. The van der Waals surface area contributed by atoms with Crippen LogP contribution in [-0.2, 0) is 0 Å². The summed E-state index contributed by atoms with van der Waals surface area (Å²) in [5.41, 5.74) is 0.916. The number of likely N-dealkylation sites (N-methyl/N-ethyl adjacent to an activating group) is 1. The van der Waals surface area contributed by atoms with Gasteiger partial charge in [-0.1, -0.05) is 19.6 Å². The zero-order valence-electron chi connectivity index (χ0n) is 7.30. The summed E-state index contributed by atoms with van der Waals surface area (Å²) in [7, 11) is 1.91. The Labute approximate surface area is 68.7 Å². The van der Waals surface area contributed by atoms with Crippen LogP contribution in [0.25, 0.3) is 0 Å². The van der Waals surface area contributed by atoms with E-state index in [4.69, 9.17) is 0 Å². The highest BCUT2D eigenvalue weighted by atomic mass is 14.8. The second-order valence-electron chi connectivity index (χ2n) is 2.18. The third-order valence-electron chi connectivity index (χ3n) is 1.21. The normalized spacial score (nSPS) is 11.5. The fourth-order valence-electron chi connectivity index (χ4n) is 0.486. The molecule has 0 aromatic carbocycles. The molecule has 0 aliphatic rings. The summed E-state index contributed by atoms with van der Waals surface area (Å²) in [4.78, 5) is 4.08. The first-order valence-corrected chi connectivity index (χ1v) is 3.82.